The van der Waals surface area contributed by atoms with Gasteiger partial charge in [0.1, 0.15) is 5.56 Å². The van der Waals surface area contributed by atoms with Crippen LogP contribution < -0.4 is 5.56 Å². The zero-order chi connectivity index (χ0) is 19.2. The molecule has 26 heavy (non-hydrogen) atoms. The lowest BCUT2D eigenvalue weighted by atomic mass is 9.98. The van der Waals surface area contributed by atoms with E-state index in [2.05, 4.69) is 10.3 Å². The third kappa shape index (κ3) is 3.08. The van der Waals surface area contributed by atoms with Crippen LogP contribution in [0.15, 0.2) is 33.2 Å². The predicted octanol–water partition coefficient (Wildman–Crippen LogP) is 1.84. The molecule has 2 aromatic rings. The zero-order valence-electron chi connectivity index (χ0n) is 14.2. The molecule has 1 N–H and O–H groups in total. The van der Waals surface area contributed by atoms with Crippen LogP contribution in [-0.4, -0.2) is 35.9 Å². The summed E-state index contributed by atoms with van der Waals surface area (Å²) >= 11 is 6.42. The Morgan fingerprint density at radius 1 is 1.38 bits per heavy atom. The minimum absolute atomic E-state index is 0.0268. The van der Waals surface area contributed by atoms with E-state index in [1.54, 1.807) is 6.92 Å². The van der Waals surface area contributed by atoms with Crippen LogP contribution in [0.5, 0.6) is 0 Å². The van der Waals surface area contributed by atoms with Gasteiger partial charge in [0.25, 0.3) is 5.56 Å². The van der Waals surface area contributed by atoms with Crippen molar-refractivity contribution in [3.63, 3.8) is 0 Å². The van der Waals surface area contributed by atoms with Crippen LogP contribution in [0.25, 0.3) is 0 Å². The summed E-state index contributed by atoms with van der Waals surface area (Å²) in [7, 11) is -2.14. The molecule has 3 rings (SSSR count). The Labute approximate surface area is 154 Å². The number of nitrogens with zero attached hydrogens (tertiary/aromatic N) is 2. The number of rotatable bonds is 4. The van der Waals surface area contributed by atoms with Crippen LogP contribution in [0.1, 0.15) is 40.9 Å². The first-order valence-electron chi connectivity index (χ1n) is 7.62. The second-order valence-electron chi connectivity index (χ2n) is 6.12. The van der Waals surface area contributed by atoms with Gasteiger partial charge in [-0.1, -0.05) is 16.8 Å². The van der Waals surface area contributed by atoms with Crippen molar-refractivity contribution in [2.24, 2.45) is 12.2 Å². The molecular weight excluding hydrogens is 382 g/mol. The van der Waals surface area contributed by atoms with E-state index >= 15 is 0 Å². The van der Waals surface area contributed by atoms with Gasteiger partial charge in [-0.2, -0.15) is 0 Å². The standard InChI is InChI=1S/C16H16ClN3O5S/c1-8-6-11(25-19-8)13-12(26(3,23)24)5-4-9(14(13)17)15(21)10-7-18-20(2)16(10)22/h4-5,7,11,18H,6H2,1-3H3. The molecule has 0 saturated carbocycles. The van der Waals surface area contributed by atoms with Crippen LogP contribution >= 0.6 is 11.6 Å². The molecule has 0 bridgehead atoms. The molecule has 1 unspecified atom stereocenters. The van der Waals surface area contributed by atoms with Crippen molar-refractivity contribution in [1.29, 1.82) is 0 Å². The largest absolute Gasteiger partial charge is 0.387 e. The monoisotopic (exact) mass is 397 g/mol. The Kier molecular flexibility index (Phi) is 4.53. The highest BCUT2D eigenvalue weighted by Crippen LogP contribution is 2.39. The fourth-order valence-electron chi connectivity index (χ4n) is 2.80. The summed E-state index contributed by atoms with van der Waals surface area (Å²) in [6.45, 7) is 1.74. The minimum Gasteiger partial charge on any atom is -0.387 e. The average Bonchev–Trinajstić information content (AvgIpc) is 3.12. The first kappa shape index (κ1) is 18.4. The maximum atomic E-state index is 12.8. The third-order valence-electron chi connectivity index (χ3n) is 4.10. The van der Waals surface area contributed by atoms with Gasteiger partial charge in [-0.3, -0.25) is 14.3 Å². The van der Waals surface area contributed by atoms with E-state index < -0.39 is 27.3 Å². The normalized spacial score (nSPS) is 17.1. The number of H-pyrrole nitrogens is 1. The number of carbonyl (C=O) groups excluding carboxylic acids is 1. The van der Waals surface area contributed by atoms with Gasteiger partial charge in [0, 0.05) is 37.0 Å². The molecule has 0 saturated heterocycles. The van der Waals surface area contributed by atoms with Gasteiger partial charge in [0.05, 0.1) is 15.6 Å². The summed E-state index contributed by atoms with van der Waals surface area (Å²) in [5.74, 6) is -0.603. The Balaban J connectivity index is 2.19. The highest BCUT2D eigenvalue weighted by atomic mass is 35.5. The van der Waals surface area contributed by atoms with Crippen molar-refractivity contribution >= 4 is 32.9 Å². The number of hydrogen-bond donors (Lipinski definition) is 1. The number of sulfone groups is 1. The van der Waals surface area contributed by atoms with Crippen LogP contribution in [0.2, 0.25) is 5.02 Å². The summed E-state index contributed by atoms with van der Waals surface area (Å²) in [6, 6.07) is 2.61. The number of ketones is 1. The van der Waals surface area contributed by atoms with Crippen molar-refractivity contribution in [3.05, 3.63) is 50.4 Å². The molecule has 1 aromatic heterocycles. The van der Waals surface area contributed by atoms with Gasteiger partial charge < -0.3 is 9.94 Å². The second kappa shape index (κ2) is 6.40. The number of aromatic amines is 1. The minimum atomic E-state index is -3.62. The number of carbonyl (C=O) groups is 1. The molecule has 1 aliphatic heterocycles. The lowest BCUT2D eigenvalue weighted by Crippen LogP contribution is -2.20. The topological polar surface area (TPSA) is 111 Å². The SMILES string of the molecule is CC1=NOC(c2c(S(C)(=O)=O)ccc(C(=O)c3c[nH]n(C)c3=O)c2Cl)C1. The molecule has 1 atom stereocenters. The summed E-state index contributed by atoms with van der Waals surface area (Å²) < 4.78 is 25.5. The van der Waals surface area contributed by atoms with Crippen molar-refractivity contribution < 1.29 is 18.0 Å². The van der Waals surface area contributed by atoms with E-state index in [0.717, 1.165) is 10.9 Å². The molecular formula is C16H16ClN3O5S. The smallest absolute Gasteiger partial charge is 0.277 e. The lowest BCUT2D eigenvalue weighted by Gasteiger charge is -2.17. The lowest BCUT2D eigenvalue weighted by molar-refractivity contribution is 0.0836. The van der Waals surface area contributed by atoms with Gasteiger partial charge in [-0.15, -0.1) is 0 Å². The fraction of sp³-hybridized carbons (Fsp3) is 0.312. The molecule has 138 valence electrons. The van der Waals surface area contributed by atoms with Crippen LogP contribution in [-0.2, 0) is 21.7 Å². The molecule has 10 heteroatoms. The van der Waals surface area contributed by atoms with Gasteiger partial charge in [-0.05, 0) is 19.1 Å². The van der Waals surface area contributed by atoms with Gasteiger partial charge in [-0.25, -0.2) is 8.42 Å². The molecule has 0 aliphatic carbocycles. The van der Waals surface area contributed by atoms with E-state index in [0.29, 0.717) is 12.1 Å². The maximum Gasteiger partial charge on any atom is 0.277 e. The Bertz CT molecular complexity index is 1100. The Hall–Kier alpha value is -2.39. The van der Waals surface area contributed by atoms with E-state index in [1.165, 1.54) is 25.4 Å². The molecule has 0 fully saturated rings. The summed E-state index contributed by atoms with van der Waals surface area (Å²) in [5, 5.41) is 6.39. The number of benzene rings is 1. The Morgan fingerprint density at radius 3 is 2.58 bits per heavy atom. The maximum absolute atomic E-state index is 12.8. The number of hydrogen-bond acceptors (Lipinski definition) is 6. The van der Waals surface area contributed by atoms with Crippen LogP contribution in [0.4, 0.5) is 0 Å². The molecule has 8 nitrogen and oxygen atoms in total. The number of nitrogens with one attached hydrogen (secondary N) is 1. The van der Waals surface area contributed by atoms with Crippen molar-refractivity contribution in [1.82, 2.24) is 9.78 Å². The van der Waals surface area contributed by atoms with Crippen molar-refractivity contribution in [2.45, 2.75) is 24.3 Å². The number of aryl methyl sites for hydroxylation is 1. The first-order chi connectivity index (χ1) is 12.1. The van der Waals surface area contributed by atoms with Gasteiger partial charge in [0.15, 0.2) is 15.9 Å². The quantitative estimate of drug-likeness (QED) is 0.791. The van der Waals surface area contributed by atoms with E-state index in [-0.39, 0.29) is 26.6 Å². The van der Waals surface area contributed by atoms with Crippen molar-refractivity contribution in [2.75, 3.05) is 6.26 Å². The van der Waals surface area contributed by atoms with Crippen LogP contribution in [0, 0.1) is 0 Å². The van der Waals surface area contributed by atoms with E-state index in [4.69, 9.17) is 16.4 Å². The van der Waals surface area contributed by atoms with E-state index in [9.17, 15) is 18.0 Å². The molecule has 0 spiro atoms. The number of halogens is 1. The summed E-state index contributed by atoms with van der Waals surface area (Å²) in [6.07, 6.45) is 1.97. The molecule has 1 aromatic carbocycles. The first-order valence-corrected chi connectivity index (χ1v) is 9.89. The molecule has 2 heterocycles. The number of oxime groups is 1. The second-order valence-corrected chi connectivity index (χ2v) is 8.48. The van der Waals surface area contributed by atoms with Crippen LogP contribution in [0.3, 0.4) is 0 Å². The average molecular weight is 398 g/mol. The summed E-state index contributed by atoms with van der Waals surface area (Å²) in [5.41, 5.74) is 0.289. The number of aromatic nitrogens is 2. The summed E-state index contributed by atoms with van der Waals surface area (Å²) in [4.78, 5) is 30.1. The Morgan fingerprint density at radius 2 is 2.08 bits per heavy atom. The molecule has 0 radical (unpaired) electrons. The van der Waals surface area contributed by atoms with E-state index in [1.807, 2.05) is 0 Å². The predicted molar refractivity (Wildman–Crippen MR) is 95.6 cm³/mol. The van der Waals surface area contributed by atoms with Gasteiger partial charge >= 0.3 is 0 Å². The fourth-order valence-corrected chi connectivity index (χ4v) is 4.17. The zero-order valence-corrected chi connectivity index (χ0v) is 15.8. The third-order valence-corrected chi connectivity index (χ3v) is 5.67. The van der Waals surface area contributed by atoms with Gasteiger partial charge in [0.2, 0.25) is 5.78 Å². The molecule has 0 amide bonds. The van der Waals surface area contributed by atoms with Crippen molar-refractivity contribution in [3.8, 4) is 0 Å². The highest BCUT2D eigenvalue weighted by Gasteiger charge is 2.32. The highest BCUT2D eigenvalue weighted by molar-refractivity contribution is 7.90. The molecule has 1 aliphatic rings.